The van der Waals surface area contributed by atoms with Crippen molar-refractivity contribution in [2.45, 2.75) is 97.7 Å². The average molecular weight is 363 g/mol. The second kappa shape index (κ2) is 7.30. The van der Waals surface area contributed by atoms with Crippen LogP contribution in [-0.4, -0.2) is 23.3 Å². The van der Waals surface area contributed by atoms with Crippen molar-refractivity contribution in [2.24, 2.45) is 28.6 Å². The molecule has 0 radical (unpaired) electrons. The molecule has 0 aromatic heterocycles. The van der Waals surface area contributed by atoms with E-state index in [4.69, 9.17) is 4.74 Å². The first-order valence-electron chi connectivity index (χ1n) is 10.8. The number of hydrogen-bond donors (Lipinski definition) is 1. The fourth-order valence-corrected chi connectivity index (χ4v) is 6.73. The van der Waals surface area contributed by atoms with Crippen LogP contribution >= 0.6 is 0 Å². The van der Waals surface area contributed by atoms with Crippen LogP contribution in [0.15, 0.2) is 12.2 Å². The van der Waals surface area contributed by atoms with Crippen molar-refractivity contribution in [3.05, 3.63) is 12.2 Å². The fourth-order valence-electron chi connectivity index (χ4n) is 6.73. The molecule has 26 heavy (non-hydrogen) atoms. The molecule has 3 heteroatoms. The first-order valence-corrected chi connectivity index (χ1v) is 10.8. The minimum Gasteiger partial charge on any atom is -0.462 e. The Balaban J connectivity index is 1.93. The SMILES string of the molecule is C=C1CC[C@H]2[C@H](OC(C)=O)[C@@H]([C@@]3(C)CC[C@H](O)C[C@@H]3CCC)CC[C@]12C. The number of fused-ring (bicyclic) bond motifs is 1. The molecule has 0 saturated heterocycles. The van der Waals surface area contributed by atoms with Gasteiger partial charge in [0.05, 0.1) is 6.10 Å². The van der Waals surface area contributed by atoms with E-state index in [1.54, 1.807) is 6.92 Å². The molecule has 0 aromatic carbocycles. The van der Waals surface area contributed by atoms with Crippen molar-refractivity contribution < 1.29 is 14.6 Å². The predicted octanol–water partition coefficient (Wildman–Crippen LogP) is 5.27. The Morgan fingerprint density at radius 2 is 1.96 bits per heavy atom. The van der Waals surface area contributed by atoms with Crippen LogP contribution in [0.1, 0.15) is 85.5 Å². The van der Waals surface area contributed by atoms with Crippen LogP contribution in [-0.2, 0) is 9.53 Å². The zero-order valence-electron chi connectivity index (χ0n) is 17.2. The van der Waals surface area contributed by atoms with Crippen LogP contribution in [0.5, 0.6) is 0 Å². The van der Waals surface area contributed by atoms with Crippen LogP contribution in [0, 0.1) is 28.6 Å². The van der Waals surface area contributed by atoms with Crippen LogP contribution in [0.2, 0.25) is 0 Å². The second-order valence-electron chi connectivity index (χ2n) is 9.81. The monoisotopic (exact) mass is 362 g/mol. The molecule has 0 spiro atoms. The zero-order valence-corrected chi connectivity index (χ0v) is 17.2. The molecule has 7 atom stereocenters. The van der Waals surface area contributed by atoms with Gasteiger partial charge in [-0.05, 0) is 61.7 Å². The van der Waals surface area contributed by atoms with Gasteiger partial charge in [-0.25, -0.2) is 0 Å². The Kier molecular flexibility index (Phi) is 5.59. The van der Waals surface area contributed by atoms with Gasteiger partial charge in [0.1, 0.15) is 6.10 Å². The summed E-state index contributed by atoms with van der Waals surface area (Å²) < 4.78 is 6.06. The highest BCUT2D eigenvalue weighted by molar-refractivity contribution is 5.66. The quantitative estimate of drug-likeness (QED) is 0.547. The number of ether oxygens (including phenoxy) is 1. The second-order valence-corrected chi connectivity index (χ2v) is 9.81. The highest BCUT2D eigenvalue weighted by atomic mass is 16.5. The fraction of sp³-hybridized carbons (Fsp3) is 0.870. The van der Waals surface area contributed by atoms with Gasteiger partial charge in [-0.15, -0.1) is 0 Å². The van der Waals surface area contributed by atoms with Crippen LogP contribution in [0.25, 0.3) is 0 Å². The lowest BCUT2D eigenvalue weighted by molar-refractivity contribution is -0.173. The molecule has 148 valence electrons. The summed E-state index contributed by atoms with van der Waals surface area (Å²) in [4.78, 5) is 12.0. The molecule has 0 bridgehead atoms. The topological polar surface area (TPSA) is 46.5 Å². The van der Waals surface area contributed by atoms with Crippen LogP contribution in [0.4, 0.5) is 0 Å². The van der Waals surface area contributed by atoms with E-state index in [1.165, 1.54) is 5.57 Å². The van der Waals surface area contributed by atoms with E-state index < -0.39 is 0 Å². The number of rotatable bonds is 4. The molecule has 0 heterocycles. The zero-order chi connectivity index (χ0) is 19.1. The van der Waals surface area contributed by atoms with Gasteiger partial charge in [-0.3, -0.25) is 4.79 Å². The summed E-state index contributed by atoms with van der Waals surface area (Å²) in [6.07, 6.45) is 9.42. The van der Waals surface area contributed by atoms with E-state index in [2.05, 4.69) is 27.4 Å². The number of allylic oxidation sites excluding steroid dienone is 1. The predicted molar refractivity (Wildman–Crippen MR) is 105 cm³/mol. The Morgan fingerprint density at radius 3 is 2.62 bits per heavy atom. The Hall–Kier alpha value is -0.830. The highest BCUT2D eigenvalue weighted by Gasteiger charge is 2.58. The van der Waals surface area contributed by atoms with E-state index in [9.17, 15) is 9.90 Å². The number of carbonyl (C=O) groups excluding carboxylic acids is 1. The summed E-state index contributed by atoms with van der Waals surface area (Å²) in [5.74, 6) is 1.18. The van der Waals surface area contributed by atoms with Gasteiger partial charge >= 0.3 is 5.97 Å². The lowest BCUT2D eigenvalue weighted by atomic mass is 9.51. The van der Waals surface area contributed by atoms with Crippen molar-refractivity contribution in [3.8, 4) is 0 Å². The number of aliphatic hydroxyl groups is 1. The minimum absolute atomic E-state index is 0.00472. The Morgan fingerprint density at radius 1 is 1.23 bits per heavy atom. The number of carbonyl (C=O) groups is 1. The smallest absolute Gasteiger partial charge is 0.302 e. The van der Waals surface area contributed by atoms with Gasteiger partial charge < -0.3 is 9.84 Å². The molecule has 0 amide bonds. The van der Waals surface area contributed by atoms with E-state index in [0.29, 0.717) is 17.8 Å². The molecule has 3 fully saturated rings. The normalized spacial score (nSPS) is 46.0. The largest absolute Gasteiger partial charge is 0.462 e. The first-order chi connectivity index (χ1) is 12.2. The lowest BCUT2D eigenvalue weighted by Crippen LogP contribution is -2.54. The van der Waals surface area contributed by atoms with E-state index in [-0.39, 0.29) is 29.0 Å². The molecular formula is C23H38O3. The molecule has 3 aliphatic rings. The summed E-state index contributed by atoms with van der Waals surface area (Å²) in [6, 6.07) is 0. The van der Waals surface area contributed by atoms with Crippen molar-refractivity contribution in [2.75, 3.05) is 0 Å². The standard InChI is InChI=1S/C23H38O3/c1-6-7-17-14-18(25)10-12-23(17,5)20-11-13-22(4)15(2)8-9-19(22)21(20)26-16(3)24/h17-21,25H,2,6-14H2,1,3-5H3/t17-,18-,19-,20-,21-,22+,23-/m0/s1. The summed E-state index contributed by atoms with van der Waals surface area (Å²) >= 11 is 0. The van der Waals surface area contributed by atoms with Crippen molar-refractivity contribution in [1.29, 1.82) is 0 Å². The third-order valence-electron chi connectivity index (χ3n) is 8.44. The van der Waals surface area contributed by atoms with E-state index in [1.807, 2.05) is 0 Å². The maximum Gasteiger partial charge on any atom is 0.302 e. The van der Waals surface area contributed by atoms with Crippen molar-refractivity contribution in [3.63, 3.8) is 0 Å². The number of aliphatic hydroxyl groups excluding tert-OH is 1. The molecule has 0 unspecified atom stereocenters. The van der Waals surface area contributed by atoms with E-state index >= 15 is 0 Å². The molecule has 1 N–H and O–H groups in total. The molecule has 3 saturated carbocycles. The lowest BCUT2D eigenvalue weighted by Gasteiger charge is -2.56. The van der Waals surface area contributed by atoms with Gasteiger partial charge in [0.15, 0.2) is 0 Å². The number of esters is 1. The minimum atomic E-state index is -0.160. The summed E-state index contributed by atoms with van der Waals surface area (Å²) in [5.41, 5.74) is 1.63. The average Bonchev–Trinajstić information content (AvgIpc) is 2.87. The Labute approximate surface area is 159 Å². The van der Waals surface area contributed by atoms with Gasteiger partial charge in [-0.2, -0.15) is 0 Å². The van der Waals surface area contributed by atoms with Gasteiger partial charge in [0, 0.05) is 18.8 Å². The molecular weight excluding hydrogens is 324 g/mol. The summed E-state index contributed by atoms with van der Waals surface area (Å²) in [6.45, 7) is 12.9. The molecule has 3 rings (SSSR count). The molecule has 3 nitrogen and oxygen atoms in total. The first kappa shape index (κ1) is 19.9. The van der Waals surface area contributed by atoms with E-state index in [0.717, 1.165) is 57.8 Å². The van der Waals surface area contributed by atoms with Crippen molar-refractivity contribution >= 4 is 5.97 Å². The Bertz CT molecular complexity index is 556. The molecule has 0 aliphatic heterocycles. The molecule has 0 aromatic rings. The van der Waals surface area contributed by atoms with Crippen LogP contribution in [0.3, 0.4) is 0 Å². The van der Waals surface area contributed by atoms with Gasteiger partial charge in [0.25, 0.3) is 0 Å². The molecule has 3 aliphatic carbocycles. The third-order valence-corrected chi connectivity index (χ3v) is 8.44. The number of hydrogen-bond acceptors (Lipinski definition) is 3. The highest BCUT2D eigenvalue weighted by Crippen LogP contribution is 2.62. The third kappa shape index (κ3) is 3.25. The summed E-state index contributed by atoms with van der Waals surface area (Å²) in [7, 11) is 0. The maximum absolute atomic E-state index is 12.0. The van der Waals surface area contributed by atoms with Gasteiger partial charge in [-0.1, -0.05) is 45.8 Å². The maximum atomic E-state index is 12.0. The van der Waals surface area contributed by atoms with Crippen molar-refractivity contribution in [1.82, 2.24) is 0 Å². The summed E-state index contributed by atoms with van der Waals surface area (Å²) in [5, 5.41) is 10.3. The van der Waals surface area contributed by atoms with Crippen LogP contribution < -0.4 is 0 Å². The van der Waals surface area contributed by atoms with Gasteiger partial charge in [0.2, 0.25) is 0 Å².